The van der Waals surface area contributed by atoms with Gasteiger partial charge in [-0.2, -0.15) is 0 Å². The van der Waals surface area contributed by atoms with Crippen LogP contribution in [-0.2, 0) is 10.8 Å². The molecule has 19 aromatic carbocycles. The Labute approximate surface area is 742 Å². The van der Waals surface area contributed by atoms with Crippen LogP contribution < -0.4 is 0 Å². The minimum Gasteiger partial charge on any atom is -0.456 e. The molecule has 27 aromatic rings. The second-order valence-corrected chi connectivity index (χ2v) is 35.4. The van der Waals surface area contributed by atoms with Crippen molar-refractivity contribution in [1.82, 2.24) is 23.7 Å². The summed E-state index contributed by atoms with van der Waals surface area (Å²) in [6, 6.07) is 153. The van der Waals surface area contributed by atoms with Crippen molar-refractivity contribution in [2.24, 2.45) is 0 Å². The van der Waals surface area contributed by atoms with Gasteiger partial charge in [0.25, 0.3) is 0 Å². The Morgan fingerprint density at radius 1 is 0.192 bits per heavy atom. The van der Waals surface area contributed by atoms with Crippen molar-refractivity contribution in [3.8, 4) is 84.1 Å². The molecule has 0 saturated heterocycles. The Bertz CT molecular complexity index is 9650. The van der Waals surface area contributed by atoms with Crippen molar-refractivity contribution in [3.63, 3.8) is 0 Å². The van der Waals surface area contributed by atoms with Crippen molar-refractivity contribution < 1.29 is 13.3 Å². The minimum absolute atomic E-state index is 0.434. The smallest absolute Gasteiger partial charge is 0.213 e. The predicted octanol–water partition coefficient (Wildman–Crippen LogP) is 31.5. The second-order valence-electron chi connectivity index (χ2n) is 35.4. The van der Waals surface area contributed by atoms with Gasteiger partial charge in [0.15, 0.2) is 0 Å². The number of benzene rings is 19. The first kappa shape index (κ1) is 70.1. The van der Waals surface area contributed by atoms with E-state index in [0.717, 1.165) is 166 Å². The molecular formula is C122H69N5O3. The number of hydrogen-bond acceptors (Lipinski definition) is 5. The molecule has 0 saturated carbocycles. The number of aromatic nitrogens is 5. The highest BCUT2D eigenvalue weighted by molar-refractivity contribution is 6.28. The fourth-order valence-corrected chi connectivity index (χ4v) is 24.3. The molecule has 130 heavy (non-hydrogen) atoms. The lowest BCUT2D eigenvalue weighted by atomic mass is 9.70. The third-order valence-corrected chi connectivity index (χ3v) is 29.3. The van der Waals surface area contributed by atoms with E-state index in [0.29, 0.717) is 0 Å². The summed E-state index contributed by atoms with van der Waals surface area (Å²) in [5.41, 5.74) is 38.9. The Morgan fingerprint density at radius 3 is 1.05 bits per heavy atom. The quantitative estimate of drug-likeness (QED) is 0.160. The fourth-order valence-electron chi connectivity index (χ4n) is 24.3. The normalized spacial score (nSPS) is 13.5. The van der Waals surface area contributed by atoms with Crippen LogP contribution >= 0.6 is 0 Å². The van der Waals surface area contributed by atoms with Gasteiger partial charge in [0, 0.05) is 104 Å². The molecule has 600 valence electrons. The van der Waals surface area contributed by atoms with E-state index in [1.807, 2.05) is 18.2 Å². The Hall–Kier alpha value is -17.2. The van der Waals surface area contributed by atoms with E-state index >= 15 is 0 Å². The summed E-state index contributed by atoms with van der Waals surface area (Å²) in [5.74, 6) is 0. The van der Waals surface area contributed by atoms with Crippen molar-refractivity contribution in [1.29, 1.82) is 0 Å². The first-order valence-electron chi connectivity index (χ1n) is 44.7. The molecule has 4 aliphatic carbocycles. The summed E-state index contributed by atoms with van der Waals surface area (Å²) in [5, 5.41) is 18.2. The largest absolute Gasteiger partial charge is 0.456 e. The first-order chi connectivity index (χ1) is 64.5. The van der Waals surface area contributed by atoms with Crippen LogP contribution in [0.2, 0.25) is 0 Å². The number of rotatable bonds is 5. The fraction of sp³-hybridized carbons (Fsp3) is 0.0164. The van der Waals surface area contributed by atoms with Gasteiger partial charge in [0.2, 0.25) is 11.4 Å². The number of hydrogen-bond donors (Lipinski definition) is 0. The molecule has 0 atom stereocenters. The summed E-state index contributed by atoms with van der Waals surface area (Å²) in [7, 11) is 0. The summed E-state index contributed by atoms with van der Waals surface area (Å²) in [4.78, 5) is 11.1. The zero-order valence-corrected chi connectivity index (χ0v) is 69.8. The Kier molecular flexibility index (Phi) is 13.9. The van der Waals surface area contributed by atoms with E-state index in [-0.39, 0.29) is 0 Å². The molecule has 8 aromatic heterocycles. The van der Waals surface area contributed by atoms with Crippen LogP contribution in [0.3, 0.4) is 0 Å². The lowest BCUT2D eigenvalue weighted by molar-refractivity contribution is 0.645. The molecule has 0 aliphatic heterocycles. The van der Waals surface area contributed by atoms with Gasteiger partial charge < -0.3 is 17.8 Å². The van der Waals surface area contributed by atoms with Gasteiger partial charge in [-0.15, -0.1) is 0 Å². The first-order valence-corrected chi connectivity index (χ1v) is 44.7. The van der Waals surface area contributed by atoms with Gasteiger partial charge in [0.05, 0.1) is 66.1 Å². The summed E-state index contributed by atoms with van der Waals surface area (Å²) in [6.45, 7) is 0. The van der Waals surface area contributed by atoms with Crippen LogP contribution in [0.1, 0.15) is 44.5 Å². The van der Waals surface area contributed by atoms with Crippen molar-refractivity contribution in [2.45, 2.75) is 10.8 Å². The maximum absolute atomic E-state index is 6.92. The molecule has 0 N–H and O–H groups in total. The molecule has 8 nitrogen and oxygen atoms in total. The van der Waals surface area contributed by atoms with Gasteiger partial charge in [-0.3, -0.25) is 9.13 Å². The minimum atomic E-state index is -0.440. The topological polar surface area (TPSA) is 80.0 Å². The second kappa shape index (κ2) is 25.8. The molecule has 0 bridgehead atoms. The molecule has 2 spiro atoms. The molecule has 0 fully saturated rings. The van der Waals surface area contributed by atoms with Crippen LogP contribution in [0.5, 0.6) is 0 Å². The van der Waals surface area contributed by atoms with Crippen molar-refractivity contribution in [2.75, 3.05) is 0 Å². The SMILES string of the molecule is c1cc(-c2nc3ccccc3c3c4c(ccc23)C2(c3ccccc3-c3ccccc32)c2ccccc2-4)cc(-n2c3cc4c(cc3c3c5ccccc5oc32)oc2ccccc24)c1.c1ccc(-n2c3ccccc3c3cc4c(cc32)c2c3ccccc3oc2n4-c2cccc(-c3nc4ccccc4c4c5c(ccc34)C3(c4ccccc4-c4ccccc43)c3ccccc3-5)c2)cc1. The van der Waals surface area contributed by atoms with Crippen LogP contribution in [0.4, 0.5) is 0 Å². The van der Waals surface area contributed by atoms with Crippen LogP contribution in [0.25, 0.3) is 237 Å². The standard InChI is InChI=1S/C64H37N3O.C58H32N2O2/c1-2-18-39(19-3-1)66-55-31-14-8-23-43(55)48-36-57-49(37-56(48)66)60-46-26-9-15-32-58(46)68-63(60)67(57)40-20-16-17-38(35-40)62-47-33-34-53-61(59(47)45-25-7-13-30-54(45)65-62)44-24-6-12-29-52(44)64(53)50-27-10-4-21-41(50)42-22-5-11-28-51(42)64;1-7-22-44-35(16-1)36-17-2-8-23-45(36)58(44)46-24-9-3-19-38(46)55-47(58)29-28-41-53(55)39-20-4-10-25-48(39)59-56(41)33-14-13-15-34(30-33)60-49-31-42-37-18-5-11-26-50(37)61-52(42)32-43(49)54-40-21-6-12-27-51(40)62-57(54)60/h1-37H;1-32H. The molecule has 0 radical (unpaired) electrons. The Balaban J connectivity index is 0.000000126. The number of nitrogens with zero attached hydrogens (tertiary/aromatic N) is 5. The maximum atomic E-state index is 6.92. The van der Waals surface area contributed by atoms with Crippen molar-refractivity contribution >= 4 is 153 Å². The average Bonchev–Trinajstić information content (AvgIpc) is 1.50. The number of fused-ring (bicyclic) bond motifs is 44. The lowest BCUT2D eigenvalue weighted by Crippen LogP contribution is -2.25. The number of para-hydroxylation sites is 7. The zero-order chi connectivity index (χ0) is 84.5. The highest BCUT2D eigenvalue weighted by Crippen LogP contribution is 2.67. The van der Waals surface area contributed by atoms with Crippen LogP contribution in [0.15, 0.2) is 432 Å². The van der Waals surface area contributed by atoms with Gasteiger partial charge in [0.1, 0.15) is 22.3 Å². The van der Waals surface area contributed by atoms with Gasteiger partial charge >= 0.3 is 0 Å². The lowest BCUT2D eigenvalue weighted by Gasteiger charge is -2.30. The zero-order valence-electron chi connectivity index (χ0n) is 69.8. The Morgan fingerprint density at radius 2 is 0.554 bits per heavy atom. The monoisotopic (exact) mass is 1650 g/mol. The third-order valence-electron chi connectivity index (χ3n) is 29.3. The van der Waals surface area contributed by atoms with Crippen LogP contribution in [0, 0.1) is 0 Å². The summed E-state index contributed by atoms with van der Waals surface area (Å²) < 4.78 is 27.2. The third kappa shape index (κ3) is 9.02. The maximum Gasteiger partial charge on any atom is 0.213 e. The van der Waals surface area contributed by atoms with E-state index in [1.165, 1.54) is 116 Å². The van der Waals surface area contributed by atoms with E-state index in [1.54, 1.807) is 0 Å². The molecule has 8 heteroatoms. The molecule has 31 rings (SSSR count). The van der Waals surface area contributed by atoms with Gasteiger partial charge in [-0.1, -0.05) is 322 Å². The van der Waals surface area contributed by atoms with Crippen molar-refractivity contribution in [3.05, 3.63) is 463 Å². The van der Waals surface area contributed by atoms with E-state index in [2.05, 4.69) is 414 Å². The molecule has 0 amide bonds. The van der Waals surface area contributed by atoms with Gasteiger partial charge in [-0.05, 0) is 186 Å². The van der Waals surface area contributed by atoms with Gasteiger partial charge in [-0.25, -0.2) is 9.97 Å². The highest BCUT2D eigenvalue weighted by Gasteiger charge is 2.54. The van der Waals surface area contributed by atoms with Crippen LogP contribution in [-0.4, -0.2) is 23.7 Å². The number of furan rings is 3. The molecule has 8 heterocycles. The van der Waals surface area contributed by atoms with E-state index in [9.17, 15) is 0 Å². The predicted molar refractivity (Wildman–Crippen MR) is 532 cm³/mol. The molecule has 4 aliphatic rings. The molecular weight excluding hydrogens is 1580 g/mol. The summed E-state index contributed by atoms with van der Waals surface area (Å²) in [6.07, 6.45) is 0. The summed E-state index contributed by atoms with van der Waals surface area (Å²) >= 11 is 0. The highest BCUT2D eigenvalue weighted by atomic mass is 16.3. The van der Waals surface area contributed by atoms with E-state index in [4.69, 9.17) is 23.2 Å². The van der Waals surface area contributed by atoms with E-state index < -0.39 is 10.8 Å². The molecule has 0 unspecified atom stereocenters. The average molecular weight is 1650 g/mol. The number of pyridine rings is 2.